The highest BCUT2D eigenvalue weighted by molar-refractivity contribution is 8.02. The molecule has 4 nitrogen and oxygen atoms in total. The molecule has 1 unspecified atom stereocenters. The van der Waals surface area contributed by atoms with Crippen LogP contribution >= 0.6 is 11.8 Å². The fourth-order valence-corrected chi connectivity index (χ4v) is 10.7. The van der Waals surface area contributed by atoms with Gasteiger partial charge in [0.2, 0.25) is 0 Å². The van der Waals surface area contributed by atoms with E-state index >= 15 is 0 Å². The minimum absolute atomic E-state index is 0.0879. The van der Waals surface area contributed by atoms with Crippen molar-refractivity contribution in [2.45, 2.75) is 154 Å². The summed E-state index contributed by atoms with van der Waals surface area (Å²) in [5.41, 5.74) is 2.97. The molecule has 0 saturated heterocycles. The van der Waals surface area contributed by atoms with E-state index in [1.54, 1.807) is 5.41 Å². The highest BCUT2D eigenvalue weighted by atomic mass is 32.2. The average molecular weight is 683 g/mol. The summed E-state index contributed by atoms with van der Waals surface area (Å²) in [4.78, 5) is 0.867. The Morgan fingerprint density at radius 3 is 1.82 bits per heavy atom. The molecule has 4 saturated carbocycles. The van der Waals surface area contributed by atoms with Gasteiger partial charge < -0.3 is 9.47 Å². The first-order valence-electron chi connectivity index (χ1n) is 19.8. The summed E-state index contributed by atoms with van der Waals surface area (Å²) in [6, 6.07) is 10.1. The van der Waals surface area contributed by atoms with Gasteiger partial charge in [0.25, 0.3) is 0 Å². The third-order valence-corrected chi connectivity index (χ3v) is 14.1. The Hall–Kier alpha value is -2.59. The predicted molar refractivity (Wildman–Crippen MR) is 202 cm³/mol. The van der Waals surface area contributed by atoms with Gasteiger partial charge in [0.15, 0.2) is 0 Å². The fraction of sp³-hybridized carbons (Fsp3) is 0.705. The van der Waals surface area contributed by atoms with Gasteiger partial charge in [0.05, 0.1) is 4.90 Å². The lowest BCUT2D eigenvalue weighted by Crippen LogP contribution is -2.43. The van der Waals surface area contributed by atoms with Gasteiger partial charge in [0.1, 0.15) is 40.6 Å². The van der Waals surface area contributed by atoms with E-state index in [-0.39, 0.29) is 11.2 Å². The lowest BCUT2D eigenvalue weighted by molar-refractivity contribution is -0.0149. The van der Waals surface area contributed by atoms with Gasteiger partial charge in [0, 0.05) is 11.3 Å². The molecule has 0 aromatic heterocycles. The van der Waals surface area contributed by atoms with Crippen molar-refractivity contribution in [3.05, 3.63) is 47.2 Å². The number of allylic oxidation sites excluding steroid dienone is 2. The Morgan fingerprint density at radius 1 is 0.816 bits per heavy atom. The van der Waals surface area contributed by atoms with E-state index in [0.29, 0.717) is 11.8 Å². The highest BCUT2D eigenvalue weighted by Gasteiger charge is 2.40. The SMILES string of the molecule is C=C=C(Oc1ccc(OC(C)(CCC)C2CCC(C3CCC(C)CC3)CC2)c(SC=C(C#N)C#N)c1)C1CCC(C2CCC(C)CC2)CC1. The van der Waals surface area contributed by atoms with Gasteiger partial charge in [-0.15, -0.1) is 0 Å². The van der Waals surface area contributed by atoms with E-state index in [0.717, 1.165) is 83.3 Å². The van der Waals surface area contributed by atoms with Gasteiger partial charge in [-0.05, 0) is 150 Å². The molecule has 0 radical (unpaired) electrons. The maximum atomic E-state index is 9.46. The molecule has 0 spiro atoms. The van der Waals surface area contributed by atoms with Crippen LogP contribution in [-0.4, -0.2) is 5.60 Å². The highest BCUT2D eigenvalue weighted by Crippen LogP contribution is 2.48. The number of nitrogens with zero attached hydrogens (tertiary/aromatic N) is 2. The van der Waals surface area contributed by atoms with Crippen molar-refractivity contribution in [3.8, 4) is 23.6 Å². The molecular weight excluding hydrogens is 621 g/mol. The summed E-state index contributed by atoms with van der Waals surface area (Å²) in [6.45, 7) is 13.4. The van der Waals surface area contributed by atoms with Crippen molar-refractivity contribution in [2.75, 3.05) is 0 Å². The Balaban J connectivity index is 1.27. The zero-order valence-corrected chi connectivity index (χ0v) is 31.8. The molecule has 0 N–H and O–H groups in total. The molecule has 4 aliphatic rings. The maximum Gasteiger partial charge on any atom is 0.149 e. The largest absolute Gasteiger partial charge is 0.486 e. The summed E-state index contributed by atoms with van der Waals surface area (Å²) >= 11 is 1.37. The summed E-state index contributed by atoms with van der Waals surface area (Å²) < 4.78 is 13.6. The Morgan fingerprint density at radius 2 is 1.33 bits per heavy atom. The molecule has 1 atom stereocenters. The van der Waals surface area contributed by atoms with Gasteiger partial charge in [-0.3, -0.25) is 0 Å². The minimum atomic E-state index is -0.281. The first kappa shape index (κ1) is 37.7. The quantitative estimate of drug-likeness (QED) is 0.0950. The summed E-state index contributed by atoms with van der Waals surface area (Å²) in [7, 11) is 0. The monoisotopic (exact) mass is 682 g/mol. The van der Waals surface area contributed by atoms with Crippen molar-refractivity contribution >= 4 is 11.8 Å². The van der Waals surface area contributed by atoms with Crippen LogP contribution in [0, 0.1) is 70.0 Å². The Bertz CT molecular complexity index is 1370. The number of nitriles is 2. The molecule has 0 heterocycles. The van der Waals surface area contributed by atoms with Gasteiger partial charge >= 0.3 is 0 Å². The van der Waals surface area contributed by atoms with E-state index in [2.05, 4.69) is 40.0 Å². The molecule has 1 aromatic rings. The fourth-order valence-electron chi connectivity index (χ4n) is 9.97. The van der Waals surface area contributed by atoms with Crippen LogP contribution in [0.5, 0.6) is 11.5 Å². The number of rotatable bonds is 12. The van der Waals surface area contributed by atoms with E-state index in [9.17, 15) is 10.5 Å². The zero-order chi connectivity index (χ0) is 34.8. The summed E-state index contributed by atoms with van der Waals surface area (Å²) in [5, 5.41) is 20.6. The number of ether oxygens (including phenoxy) is 2. The van der Waals surface area contributed by atoms with Crippen LogP contribution in [0.15, 0.2) is 52.1 Å². The van der Waals surface area contributed by atoms with Gasteiger partial charge in [-0.2, -0.15) is 10.5 Å². The van der Waals surface area contributed by atoms with E-state index in [4.69, 9.17) is 9.47 Å². The first-order chi connectivity index (χ1) is 23.7. The lowest BCUT2D eigenvalue weighted by atomic mass is 9.66. The second kappa shape index (κ2) is 18.1. The van der Waals surface area contributed by atoms with E-state index in [1.165, 1.54) is 102 Å². The summed E-state index contributed by atoms with van der Waals surface area (Å²) in [5.74, 6) is 8.54. The standard InChI is InChI=1S/C44H62N2O2S/c1-6-26-44(5,39-22-20-37(21-23-39)35-14-10-32(4)11-15-35)48-42-25-24-40(27-43(42)49-30-33(28-45)29-46)47-41(7-2)38-18-16-36(17-19-38)34-12-8-31(3)9-13-34/h24-25,27,30-32,34-39H,2,6,8-23,26H2,1,3-5H3. The summed E-state index contributed by atoms with van der Waals surface area (Å²) in [6.07, 6.45) is 23.1. The molecule has 266 valence electrons. The van der Waals surface area contributed by atoms with Crippen molar-refractivity contribution in [2.24, 2.45) is 47.3 Å². The van der Waals surface area contributed by atoms with Crippen LogP contribution in [0.2, 0.25) is 0 Å². The number of hydrogen-bond donors (Lipinski definition) is 0. The van der Waals surface area contributed by atoms with E-state index in [1.807, 2.05) is 30.3 Å². The Labute approximate surface area is 302 Å². The molecule has 5 rings (SSSR count). The molecule has 1 aromatic carbocycles. The second-order valence-electron chi connectivity index (χ2n) is 16.6. The third-order valence-electron chi connectivity index (χ3n) is 13.2. The number of thioether (sulfide) groups is 1. The van der Waals surface area contributed by atoms with Crippen molar-refractivity contribution in [3.63, 3.8) is 0 Å². The zero-order valence-electron chi connectivity index (χ0n) is 31.0. The van der Waals surface area contributed by atoms with Crippen molar-refractivity contribution in [1.29, 1.82) is 10.5 Å². The molecule has 0 amide bonds. The molecule has 49 heavy (non-hydrogen) atoms. The molecule has 4 fully saturated rings. The molecular formula is C44H62N2O2S. The van der Waals surface area contributed by atoms with Crippen LogP contribution < -0.4 is 9.47 Å². The molecule has 0 bridgehead atoms. The normalized spacial score (nSPS) is 31.6. The average Bonchev–Trinajstić information content (AvgIpc) is 3.13. The lowest BCUT2D eigenvalue weighted by Gasteiger charge is -2.44. The third kappa shape index (κ3) is 10.0. The van der Waals surface area contributed by atoms with Gasteiger partial charge in [-0.1, -0.05) is 76.9 Å². The first-order valence-corrected chi connectivity index (χ1v) is 20.7. The predicted octanol–water partition coefficient (Wildman–Crippen LogP) is 13.0. The second-order valence-corrected chi connectivity index (χ2v) is 17.5. The van der Waals surface area contributed by atoms with Crippen molar-refractivity contribution < 1.29 is 9.47 Å². The van der Waals surface area contributed by atoms with E-state index < -0.39 is 0 Å². The molecule has 5 heteroatoms. The van der Waals surface area contributed by atoms with Crippen LogP contribution in [-0.2, 0) is 0 Å². The van der Waals surface area contributed by atoms with Crippen molar-refractivity contribution in [1.82, 2.24) is 0 Å². The smallest absolute Gasteiger partial charge is 0.149 e. The van der Waals surface area contributed by atoms with Crippen LogP contribution in [0.4, 0.5) is 0 Å². The number of benzene rings is 1. The minimum Gasteiger partial charge on any atom is -0.486 e. The van der Waals surface area contributed by atoms with Crippen LogP contribution in [0.25, 0.3) is 0 Å². The van der Waals surface area contributed by atoms with Gasteiger partial charge in [-0.25, -0.2) is 0 Å². The number of hydrogen-bond acceptors (Lipinski definition) is 5. The topological polar surface area (TPSA) is 66.0 Å². The van der Waals surface area contributed by atoms with Crippen LogP contribution in [0.1, 0.15) is 143 Å². The molecule has 0 aliphatic heterocycles. The van der Waals surface area contributed by atoms with Crippen LogP contribution in [0.3, 0.4) is 0 Å². The Kier molecular flexibility index (Phi) is 13.9. The molecule has 4 aliphatic carbocycles. The maximum absolute atomic E-state index is 9.46.